The van der Waals surface area contributed by atoms with Gasteiger partial charge in [-0.2, -0.15) is 0 Å². The lowest BCUT2D eigenvalue weighted by atomic mass is 9.98. The molecule has 19 heavy (non-hydrogen) atoms. The number of imide groups is 1. The fourth-order valence-corrected chi connectivity index (χ4v) is 1.81. The highest BCUT2D eigenvalue weighted by Gasteiger charge is 2.42. The Labute approximate surface area is 110 Å². The Hall–Kier alpha value is -2.37. The van der Waals surface area contributed by atoms with Crippen molar-refractivity contribution in [2.45, 2.75) is 12.3 Å². The maximum atomic E-state index is 12.1. The van der Waals surface area contributed by atoms with E-state index in [1.54, 1.807) is 24.3 Å². The summed E-state index contributed by atoms with van der Waals surface area (Å²) in [6.07, 6.45) is -0.737. The summed E-state index contributed by atoms with van der Waals surface area (Å²) in [5, 5.41) is 0.556. The molecule has 0 spiro atoms. The fraction of sp³-hybridized carbons (Fsp3) is 0.308. The summed E-state index contributed by atoms with van der Waals surface area (Å²) < 4.78 is 0. The maximum absolute atomic E-state index is 12.1. The molecule has 6 heteroatoms. The SMILES string of the molecule is CN(C)C(=O)ON1C(=O)C[C@@H](c2ccccc2)C1=O. The van der Waals surface area contributed by atoms with Crippen molar-refractivity contribution >= 4 is 17.9 Å². The van der Waals surface area contributed by atoms with Gasteiger partial charge in [-0.15, -0.1) is 5.06 Å². The first kappa shape index (κ1) is 13.1. The predicted molar refractivity (Wildman–Crippen MR) is 65.8 cm³/mol. The van der Waals surface area contributed by atoms with Crippen LogP contribution in [0.15, 0.2) is 30.3 Å². The van der Waals surface area contributed by atoms with Crippen LogP contribution >= 0.6 is 0 Å². The van der Waals surface area contributed by atoms with E-state index in [0.717, 1.165) is 10.5 Å². The fourth-order valence-electron chi connectivity index (χ4n) is 1.81. The molecule has 0 N–H and O–H groups in total. The molecule has 1 aromatic carbocycles. The van der Waals surface area contributed by atoms with Crippen molar-refractivity contribution in [3.8, 4) is 0 Å². The molecule has 1 atom stereocenters. The number of rotatable bonds is 2. The van der Waals surface area contributed by atoms with Gasteiger partial charge in [-0.05, 0) is 5.56 Å². The van der Waals surface area contributed by atoms with E-state index < -0.39 is 23.8 Å². The van der Waals surface area contributed by atoms with Gasteiger partial charge in [-0.25, -0.2) is 4.79 Å². The zero-order valence-corrected chi connectivity index (χ0v) is 10.7. The molecular formula is C13H14N2O4. The number of hydrogen-bond acceptors (Lipinski definition) is 4. The summed E-state index contributed by atoms with van der Waals surface area (Å²) in [5.41, 5.74) is 0.740. The summed E-state index contributed by atoms with van der Waals surface area (Å²) in [4.78, 5) is 41.1. The van der Waals surface area contributed by atoms with E-state index in [1.807, 2.05) is 6.07 Å². The van der Waals surface area contributed by atoms with Crippen molar-refractivity contribution in [2.75, 3.05) is 14.1 Å². The van der Waals surface area contributed by atoms with Crippen LogP contribution in [0.2, 0.25) is 0 Å². The van der Waals surface area contributed by atoms with Gasteiger partial charge in [0.25, 0.3) is 11.8 Å². The minimum absolute atomic E-state index is 0.0174. The number of carbonyl (C=O) groups excluding carboxylic acids is 3. The quantitative estimate of drug-likeness (QED) is 0.750. The summed E-state index contributed by atoms with van der Waals surface area (Å²) in [6, 6.07) is 8.96. The van der Waals surface area contributed by atoms with E-state index >= 15 is 0 Å². The lowest BCUT2D eigenvalue weighted by molar-refractivity contribution is -0.173. The van der Waals surface area contributed by atoms with Crippen molar-refractivity contribution in [1.82, 2.24) is 9.96 Å². The molecule has 0 radical (unpaired) electrons. The highest BCUT2D eigenvalue weighted by atomic mass is 16.7. The smallest absolute Gasteiger partial charge is 0.312 e. The average Bonchev–Trinajstić information content (AvgIpc) is 2.67. The van der Waals surface area contributed by atoms with E-state index in [4.69, 9.17) is 4.84 Å². The molecule has 2 rings (SSSR count). The number of amides is 3. The molecule has 0 aliphatic carbocycles. The zero-order chi connectivity index (χ0) is 14.0. The van der Waals surface area contributed by atoms with Crippen molar-refractivity contribution in [1.29, 1.82) is 0 Å². The number of hydrogen-bond donors (Lipinski definition) is 0. The summed E-state index contributed by atoms with van der Waals surface area (Å²) in [7, 11) is 2.95. The molecular weight excluding hydrogens is 248 g/mol. The van der Waals surface area contributed by atoms with Crippen LogP contribution in [0.3, 0.4) is 0 Å². The van der Waals surface area contributed by atoms with E-state index in [-0.39, 0.29) is 6.42 Å². The third kappa shape index (κ3) is 2.57. The zero-order valence-electron chi connectivity index (χ0n) is 10.7. The van der Waals surface area contributed by atoms with E-state index in [1.165, 1.54) is 14.1 Å². The molecule has 6 nitrogen and oxygen atoms in total. The van der Waals surface area contributed by atoms with Crippen LogP contribution < -0.4 is 0 Å². The number of carbonyl (C=O) groups is 3. The first-order valence-corrected chi connectivity index (χ1v) is 5.81. The highest BCUT2D eigenvalue weighted by molar-refractivity contribution is 6.05. The van der Waals surface area contributed by atoms with Crippen LogP contribution in [-0.4, -0.2) is 42.0 Å². The monoisotopic (exact) mass is 262 g/mol. The van der Waals surface area contributed by atoms with Crippen molar-refractivity contribution in [3.05, 3.63) is 35.9 Å². The predicted octanol–water partition coefficient (Wildman–Crippen LogP) is 1.14. The van der Waals surface area contributed by atoms with Gasteiger partial charge in [-0.1, -0.05) is 30.3 Å². The topological polar surface area (TPSA) is 66.9 Å². The minimum Gasteiger partial charge on any atom is -0.312 e. The van der Waals surface area contributed by atoms with Crippen LogP contribution in [0.5, 0.6) is 0 Å². The van der Waals surface area contributed by atoms with Crippen LogP contribution in [0, 0.1) is 0 Å². The standard InChI is InChI=1S/C13H14N2O4/c1-14(2)13(18)19-15-11(16)8-10(12(15)17)9-6-4-3-5-7-9/h3-7,10H,8H2,1-2H3/t10-/m0/s1. The van der Waals surface area contributed by atoms with Gasteiger partial charge in [0.15, 0.2) is 0 Å². The molecule has 0 bridgehead atoms. The normalized spacial score (nSPS) is 18.6. The van der Waals surface area contributed by atoms with Gasteiger partial charge >= 0.3 is 6.09 Å². The molecule has 0 saturated carbocycles. The average molecular weight is 262 g/mol. The second-order valence-corrected chi connectivity index (χ2v) is 4.45. The molecule has 3 amide bonds. The summed E-state index contributed by atoms with van der Waals surface area (Å²) in [6.45, 7) is 0. The first-order chi connectivity index (χ1) is 9.00. The Bertz CT molecular complexity index is 513. The van der Waals surface area contributed by atoms with Crippen LogP contribution in [-0.2, 0) is 14.4 Å². The van der Waals surface area contributed by atoms with Gasteiger partial charge in [0.2, 0.25) is 0 Å². The van der Waals surface area contributed by atoms with Crippen molar-refractivity contribution < 1.29 is 19.2 Å². The second-order valence-electron chi connectivity index (χ2n) is 4.45. The van der Waals surface area contributed by atoms with Crippen molar-refractivity contribution in [3.63, 3.8) is 0 Å². The lowest BCUT2D eigenvalue weighted by Crippen LogP contribution is -2.37. The number of nitrogens with zero attached hydrogens (tertiary/aromatic N) is 2. The molecule has 0 aromatic heterocycles. The third-order valence-corrected chi connectivity index (χ3v) is 2.84. The van der Waals surface area contributed by atoms with Crippen LogP contribution in [0.25, 0.3) is 0 Å². The summed E-state index contributed by atoms with van der Waals surface area (Å²) >= 11 is 0. The Morgan fingerprint density at radius 2 is 1.89 bits per heavy atom. The lowest BCUT2D eigenvalue weighted by Gasteiger charge is -2.16. The van der Waals surface area contributed by atoms with Gasteiger partial charge in [-0.3, -0.25) is 9.59 Å². The molecule has 100 valence electrons. The molecule has 1 aromatic rings. The van der Waals surface area contributed by atoms with E-state index in [2.05, 4.69) is 0 Å². The summed E-state index contributed by atoms with van der Waals surface area (Å²) in [5.74, 6) is -1.59. The molecule has 0 unspecified atom stereocenters. The molecule has 1 aliphatic heterocycles. The third-order valence-electron chi connectivity index (χ3n) is 2.84. The number of benzene rings is 1. The Balaban J connectivity index is 2.15. The van der Waals surface area contributed by atoms with E-state index in [0.29, 0.717) is 5.06 Å². The Morgan fingerprint density at radius 1 is 1.26 bits per heavy atom. The van der Waals surface area contributed by atoms with Gasteiger partial charge in [0, 0.05) is 20.5 Å². The first-order valence-electron chi connectivity index (χ1n) is 5.81. The number of hydroxylamine groups is 2. The van der Waals surface area contributed by atoms with Gasteiger partial charge in [0.05, 0.1) is 5.92 Å². The minimum atomic E-state index is -0.754. The van der Waals surface area contributed by atoms with Crippen LogP contribution in [0.4, 0.5) is 4.79 Å². The maximum Gasteiger partial charge on any atom is 0.434 e. The van der Waals surface area contributed by atoms with Gasteiger partial charge in [0.1, 0.15) is 0 Å². The Kier molecular flexibility index (Phi) is 3.50. The molecule has 1 saturated heterocycles. The largest absolute Gasteiger partial charge is 0.434 e. The molecule has 1 heterocycles. The molecule has 1 aliphatic rings. The molecule has 1 fully saturated rings. The van der Waals surface area contributed by atoms with E-state index in [9.17, 15) is 14.4 Å². The Morgan fingerprint density at radius 3 is 2.47 bits per heavy atom. The van der Waals surface area contributed by atoms with Gasteiger partial charge < -0.3 is 9.74 Å². The van der Waals surface area contributed by atoms with Crippen LogP contribution in [0.1, 0.15) is 17.9 Å². The highest BCUT2D eigenvalue weighted by Crippen LogP contribution is 2.29. The second kappa shape index (κ2) is 5.09. The van der Waals surface area contributed by atoms with Crippen molar-refractivity contribution in [2.24, 2.45) is 0 Å².